The summed E-state index contributed by atoms with van der Waals surface area (Å²) in [5.74, 6) is 1.95. The minimum Gasteiger partial charge on any atom is -0.467 e. The quantitative estimate of drug-likeness (QED) is 0.598. The molecule has 0 atom stereocenters. The van der Waals surface area contributed by atoms with Crippen LogP contribution >= 0.6 is 0 Å². The number of furan rings is 1. The van der Waals surface area contributed by atoms with E-state index in [-0.39, 0.29) is 30.6 Å². The number of rotatable bonds is 9. The summed E-state index contributed by atoms with van der Waals surface area (Å²) in [7, 11) is 0. The number of hydrogen-bond donors (Lipinski definition) is 0. The molecule has 0 N–H and O–H groups in total. The maximum atomic E-state index is 13.3. The fourth-order valence-electron chi connectivity index (χ4n) is 3.47. The van der Waals surface area contributed by atoms with Gasteiger partial charge in [-0.05, 0) is 41.7 Å². The van der Waals surface area contributed by atoms with E-state index >= 15 is 0 Å². The van der Waals surface area contributed by atoms with Gasteiger partial charge >= 0.3 is 0 Å². The zero-order valence-corrected chi connectivity index (χ0v) is 18.8. The molecule has 0 saturated carbocycles. The Labute approximate surface area is 183 Å². The zero-order valence-electron chi connectivity index (χ0n) is 18.8. The lowest BCUT2D eigenvalue weighted by Gasteiger charge is -2.29. The molecule has 7 nitrogen and oxygen atoms in total. The van der Waals surface area contributed by atoms with E-state index in [4.69, 9.17) is 13.9 Å². The van der Waals surface area contributed by atoms with Crippen LogP contribution in [0.3, 0.4) is 0 Å². The van der Waals surface area contributed by atoms with Gasteiger partial charge in [-0.3, -0.25) is 9.59 Å². The van der Waals surface area contributed by atoms with E-state index in [1.807, 2.05) is 52.0 Å². The molecule has 0 radical (unpaired) electrons. The highest BCUT2D eigenvalue weighted by molar-refractivity contribution is 5.85. The van der Waals surface area contributed by atoms with Crippen LogP contribution in [-0.2, 0) is 22.7 Å². The first-order valence-corrected chi connectivity index (χ1v) is 10.7. The lowest BCUT2D eigenvalue weighted by molar-refractivity contribution is -0.142. The van der Waals surface area contributed by atoms with E-state index in [2.05, 4.69) is 0 Å². The molecule has 0 aliphatic carbocycles. The minimum absolute atomic E-state index is 0.00345. The molecular formula is C24H32N2O5. The minimum atomic E-state index is -0.132. The Bertz CT molecular complexity index is 886. The van der Waals surface area contributed by atoms with Gasteiger partial charge in [-0.25, -0.2) is 0 Å². The van der Waals surface area contributed by atoms with Crippen LogP contribution in [0.2, 0.25) is 0 Å². The van der Waals surface area contributed by atoms with Gasteiger partial charge in [0.05, 0.1) is 19.4 Å². The fraction of sp³-hybridized carbons (Fsp3) is 0.500. The first kappa shape index (κ1) is 22.7. The van der Waals surface area contributed by atoms with Gasteiger partial charge in [0.1, 0.15) is 5.76 Å². The second-order valence-corrected chi connectivity index (χ2v) is 9.07. The third kappa shape index (κ3) is 6.51. The van der Waals surface area contributed by atoms with E-state index in [1.54, 1.807) is 22.1 Å². The van der Waals surface area contributed by atoms with Crippen molar-refractivity contribution in [2.45, 2.75) is 53.6 Å². The average molecular weight is 429 g/mol. The molecular weight excluding hydrogens is 396 g/mol. The first-order chi connectivity index (χ1) is 14.7. The molecule has 2 heterocycles. The van der Waals surface area contributed by atoms with Crippen molar-refractivity contribution in [1.82, 2.24) is 9.80 Å². The Morgan fingerprint density at radius 1 is 1.00 bits per heavy atom. The van der Waals surface area contributed by atoms with Crippen molar-refractivity contribution in [1.29, 1.82) is 0 Å². The molecule has 2 amide bonds. The van der Waals surface area contributed by atoms with Crippen LogP contribution in [0.4, 0.5) is 0 Å². The number of benzene rings is 1. The second-order valence-electron chi connectivity index (χ2n) is 9.07. The van der Waals surface area contributed by atoms with Gasteiger partial charge < -0.3 is 23.7 Å². The highest BCUT2D eigenvalue weighted by Crippen LogP contribution is 2.33. The lowest BCUT2D eigenvalue weighted by atomic mass is 9.91. The molecule has 0 spiro atoms. The summed E-state index contributed by atoms with van der Waals surface area (Å²) >= 11 is 0. The van der Waals surface area contributed by atoms with E-state index in [0.29, 0.717) is 43.3 Å². The predicted octanol–water partition coefficient (Wildman–Crippen LogP) is 4.21. The summed E-state index contributed by atoms with van der Waals surface area (Å²) in [6, 6.07) is 9.30. The Balaban J connectivity index is 1.75. The topological polar surface area (TPSA) is 72.2 Å². The standard InChI is InChI=1S/C24H32N2O5/c1-5-10-25(22(27)13-24(2,3)4)16-23(28)26(15-19-7-6-11-29-19)14-18-8-9-20-21(12-18)31-17-30-20/h6-9,11-12H,5,10,13-17H2,1-4H3. The molecule has 168 valence electrons. The predicted molar refractivity (Wildman–Crippen MR) is 116 cm³/mol. The van der Waals surface area contributed by atoms with Crippen molar-refractivity contribution in [3.05, 3.63) is 47.9 Å². The third-order valence-electron chi connectivity index (χ3n) is 4.94. The molecule has 3 rings (SSSR count). The number of ether oxygens (including phenoxy) is 2. The number of fused-ring (bicyclic) bond motifs is 1. The van der Waals surface area contributed by atoms with Crippen molar-refractivity contribution in [3.8, 4) is 11.5 Å². The maximum Gasteiger partial charge on any atom is 0.242 e. The van der Waals surface area contributed by atoms with Crippen LogP contribution in [0.1, 0.15) is 51.9 Å². The Morgan fingerprint density at radius 2 is 1.77 bits per heavy atom. The third-order valence-corrected chi connectivity index (χ3v) is 4.94. The molecule has 1 aromatic carbocycles. The molecule has 0 unspecified atom stereocenters. The van der Waals surface area contributed by atoms with E-state index in [9.17, 15) is 9.59 Å². The summed E-state index contributed by atoms with van der Waals surface area (Å²) in [6.07, 6.45) is 2.79. The second kappa shape index (κ2) is 9.90. The van der Waals surface area contributed by atoms with Crippen molar-refractivity contribution in [2.24, 2.45) is 5.41 Å². The van der Waals surface area contributed by atoms with E-state index in [0.717, 1.165) is 12.0 Å². The highest BCUT2D eigenvalue weighted by Gasteiger charge is 2.25. The van der Waals surface area contributed by atoms with Crippen LogP contribution in [-0.4, -0.2) is 41.5 Å². The fourth-order valence-corrected chi connectivity index (χ4v) is 3.47. The molecule has 7 heteroatoms. The van der Waals surface area contributed by atoms with Crippen molar-refractivity contribution < 1.29 is 23.5 Å². The van der Waals surface area contributed by atoms with E-state index in [1.165, 1.54) is 0 Å². The van der Waals surface area contributed by atoms with Gasteiger partial charge in [0.25, 0.3) is 0 Å². The van der Waals surface area contributed by atoms with Gasteiger partial charge in [0, 0.05) is 19.5 Å². The Kier molecular flexibility index (Phi) is 7.25. The Morgan fingerprint density at radius 3 is 2.45 bits per heavy atom. The lowest BCUT2D eigenvalue weighted by Crippen LogP contribution is -2.43. The number of carbonyl (C=O) groups excluding carboxylic acids is 2. The van der Waals surface area contributed by atoms with Crippen LogP contribution in [0.5, 0.6) is 11.5 Å². The molecule has 1 aromatic heterocycles. The molecule has 31 heavy (non-hydrogen) atoms. The van der Waals surface area contributed by atoms with Gasteiger partial charge in [0.15, 0.2) is 11.5 Å². The van der Waals surface area contributed by atoms with Crippen LogP contribution in [0.25, 0.3) is 0 Å². The van der Waals surface area contributed by atoms with Crippen LogP contribution < -0.4 is 9.47 Å². The Hall–Kier alpha value is -2.96. The van der Waals surface area contributed by atoms with E-state index < -0.39 is 0 Å². The molecule has 1 aliphatic heterocycles. The number of nitrogens with zero attached hydrogens (tertiary/aromatic N) is 2. The van der Waals surface area contributed by atoms with Crippen LogP contribution in [0, 0.1) is 5.41 Å². The van der Waals surface area contributed by atoms with Crippen molar-refractivity contribution >= 4 is 11.8 Å². The molecule has 2 aromatic rings. The summed E-state index contributed by atoms with van der Waals surface area (Å²) in [5, 5.41) is 0. The molecule has 0 saturated heterocycles. The number of amides is 2. The monoisotopic (exact) mass is 428 g/mol. The van der Waals surface area contributed by atoms with Gasteiger partial charge in [-0.2, -0.15) is 0 Å². The van der Waals surface area contributed by atoms with Gasteiger partial charge in [0.2, 0.25) is 18.6 Å². The summed E-state index contributed by atoms with van der Waals surface area (Å²) in [4.78, 5) is 29.5. The number of carbonyl (C=O) groups is 2. The molecule has 0 bridgehead atoms. The van der Waals surface area contributed by atoms with Gasteiger partial charge in [-0.15, -0.1) is 0 Å². The normalized spacial score (nSPS) is 12.6. The zero-order chi connectivity index (χ0) is 22.4. The maximum absolute atomic E-state index is 13.3. The first-order valence-electron chi connectivity index (χ1n) is 10.7. The van der Waals surface area contributed by atoms with Crippen molar-refractivity contribution in [3.63, 3.8) is 0 Å². The molecule has 1 aliphatic rings. The SMILES string of the molecule is CCCN(CC(=O)N(Cc1ccc2c(c1)OCO2)Cc1ccco1)C(=O)CC(C)(C)C. The number of hydrogen-bond acceptors (Lipinski definition) is 5. The largest absolute Gasteiger partial charge is 0.467 e. The summed E-state index contributed by atoms with van der Waals surface area (Å²) in [5.41, 5.74) is 0.791. The average Bonchev–Trinajstić information content (AvgIpc) is 3.37. The van der Waals surface area contributed by atoms with Gasteiger partial charge in [-0.1, -0.05) is 33.8 Å². The molecule has 0 fully saturated rings. The smallest absolute Gasteiger partial charge is 0.242 e. The summed E-state index contributed by atoms with van der Waals surface area (Å²) < 4.78 is 16.3. The summed E-state index contributed by atoms with van der Waals surface area (Å²) in [6.45, 7) is 9.61. The van der Waals surface area contributed by atoms with Crippen LogP contribution in [0.15, 0.2) is 41.0 Å². The van der Waals surface area contributed by atoms with Crippen molar-refractivity contribution in [2.75, 3.05) is 19.9 Å². The highest BCUT2D eigenvalue weighted by atomic mass is 16.7.